The van der Waals surface area contributed by atoms with Crippen molar-refractivity contribution in [3.63, 3.8) is 0 Å². The van der Waals surface area contributed by atoms with E-state index in [1.165, 1.54) is 20.3 Å². The zero-order chi connectivity index (χ0) is 13.9. The van der Waals surface area contributed by atoms with E-state index < -0.39 is 0 Å². The molecule has 1 fully saturated rings. The third-order valence-corrected chi connectivity index (χ3v) is 4.98. The van der Waals surface area contributed by atoms with Crippen LogP contribution in [0, 0.1) is 3.57 Å². The van der Waals surface area contributed by atoms with E-state index >= 15 is 0 Å². The van der Waals surface area contributed by atoms with Crippen molar-refractivity contribution in [3.05, 3.63) is 57.7 Å². The molecule has 20 heavy (non-hydrogen) atoms. The zero-order valence-corrected chi connectivity index (χ0v) is 13.6. The Morgan fingerprint density at radius 1 is 0.750 bits per heavy atom. The van der Waals surface area contributed by atoms with E-state index in [2.05, 4.69) is 71.1 Å². The summed E-state index contributed by atoms with van der Waals surface area (Å²) in [5.41, 5.74) is 3.98. The molecule has 0 aromatic heterocycles. The van der Waals surface area contributed by atoms with Gasteiger partial charge in [0, 0.05) is 3.57 Å². The Morgan fingerprint density at radius 2 is 1.25 bits per heavy atom. The van der Waals surface area contributed by atoms with Crippen LogP contribution in [0.25, 0.3) is 11.1 Å². The number of halogens is 1. The molecule has 2 aromatic carbocycles. The van der Waals surface area contributed by atoms with Gasteiger partial charge in [-0.25, -0.2) is 0 Å². The lowest BCUT2D eigenvalue weighted by Crippen LogP contribution is -2.16. The highest BCUT2D eigenvalue weighted by Crippen LogP contribution is 2.33. The predicted molar refractivity (Wildman–Crippen MR) is 91.8 cm³/mol. The molecular weight excluding hydrogens is 359 g/mol. The van der Waals surface area contributed by atoms with Crippen molar-refractivity contribution in [3.8, 4) is 11.1 Å². The molecule has 1 N–H and O–H groups in total. The lowest BCUT2D eigenvalue weighted by molar-refractivity contribution is 0.122. The second kappa shape index (κ2) is 6.27. The van der Waals surface area contributed by atoms with Crippen molar-refractivity contribution < 1.29 is 5.11 Å². The summed E-state index contributed by atoms with van der Waals surface area (Å²) in [6.07, 6.45) is 4.05. The van der Waals surface area contributed by atoms with Gasteiger partial charge in [0.2, 0.25) is 0 Å². The summed E-state index contributed by atoms with van der Waals surface area (Å²) < 4.78 is 1.27. The first-order valence-corrected chi connectivity index (χ1v) is 8.34. The monoisotopic (exact) mass is 378 g/mol. The quantitative estimate of drug-likeness (QED) is 0.731. The largest absolute Gasteiger partial charge is 0.393 e. The molecule has 0 spiro atoms. The molecule has 3 rings (SSSR count). The van der Waals surface area contributed by atoms with Crippen LogP contribution in [0.1, 0.15) is 37.2 Å². The minimum absolute atomic E-state index is 0.0719. The summed E-state index contributed by atoms with van der Waals surface area (Å²) >= 11 is 2.33. The van der Waals surface area contributed by atoms with Crippen LogP contribution in [0.4, 0.5) is 0 Å². The molecule has 0 atom stereocenters. The predicted octanol–water partition coefficient (Wildman–Crippen LogP) is 4.98. The van der Waals surface area contributed by atoms with E-state index in [0.717, 1.165) is 25.7 Å². The summed E-state index contributed by atoms with van der Waals surface area (Å²) in [5, 5.41) is 9.59. The Hall–Kier alpha value is -0.870. The van der Waals surface area contributed by atoms with Gasteiger partial charge in [-0.3, -0.25) is 0 Å². The summed E-state index contributed by atoms with van der Waals surface area (Å²) in [7, 11) is 0. The molecule has 0 saturated heterocycles. The summed E-state index contributed by atoms with van der Waals surface area (Å²) in [5.74, 6) is 0.629. The summed E-state index contributed by atoms with van der Waals surface area (Å²) in [4.78, 5) is 0. The average Bonchev–Trinajstić information content (AvgIpc) is 2.49. The lowest BCUT2D eigenvalue weighted by Gasteiger charge is -2.25. The fourth-order valence-corrected chi connectivity index (χ4v) is 3.36. The summed E-state index contributed by atoms with van der Waals surface area (Å²) in [6, 6.07) is 17.6. The van der Waals surface area contributed by atoms with Gasteiger partial charge < -0.3 is 5.11 Å². The maximum Gasteiger partial charge on any atom is 0.0540 e. The highest BCUT2D eigenvalue weighted by atomic mass is 127. The van der Waals surface area contributed by atoms with Gasteiger partial charge in [-0.15, -0.1) is 0 Å². The maximum absolute atomic E-state index is 9.59. The first-order valence-electron chi connectivity index (χ1n) is 7.26. The average molecular weight is 378 g/mol. The molecule has 0 bridgehead atoms. The molecule has 1 saturated carbocycles. The number of aliphatic hydroxyl groups excluding tert-OH is 1. The van der Waals surface area contributed by atoms with Crippen LogP contribution >= 0.6 is 22.6 Å². The van der Waals surface area contributed by atoms with E-state index in [-0.39, 0.29) is 6.10 Å². The van der Waals surface area contributed by atoms with Crippen LogP contribution in [-0.4, -0.2) is 11.2 Å². The molecule has 2 aromatic rings. The molecular formula is C18H19IO. The zero-order valence-electron chi connectivity index (χ0n) is 11.4. The third kappa shape index (κ3) is 3.23. The van der Waals surface area contributed by atoms with Crippen molar-refractivity contribution in [1.29, 1.82) is 0 Å². The van der Waals surface area contributed by atoms with E-state index in [9.17, 15) is 5.11 Å². The fraction of sp³-hybridized carbons (Fsp3) is 0.333. The summed E-state index contributed by atoms with van der Waals surface area (Å²) in [6.45, 7) is 0. The van der Waals surface area contributed by atoms with Gasteiger partial charge in [-0.1, -0.05) is 36.4 Å². The minimum Gasteiger partial charge on any atom is -0.393 e. The van der Waals surface area contributed by atoms with Gasteiger partial charge in [0.25, 0.3) is 0 Å². The smallest absolute Gasteiger partial charge is 0.0540 e. The highest BCUT2D eigenvalue weighted by molar-refractivity contribution is 14.1. The second-order valence-electron chi connectivity index (χ2n) is 5.63. The number of benzene rings is 2. The molecule has 0 heterocycles. The molecule has 2 heteroatoms. The van der Waals surface area contributed by atoms with Crippen molar-refractivity contribution in [1.82, 2.24) is 0 Å². The number of aliphatic hydroxyl groups is 1. The minimum atomic E-state index is -0.0719. The number of rotatable bonds is 2. The van der Waals surface area contributed by atoms with Gasteiger partial charge in [0.05, 0.1) is 6.10 Å². The van der Waals surface area contributed by atoms with Gasteiger partial charge in [-0.05, 0) is 83.0 Å². The van der Waals surface area contributed by atoms with Crippen molar-refractivity contribution in [2.45, 2.75) is 37.7 Å². The van der Waals surface area contributed by atoms with Crippen LogP contribution < -0.4 is 0 Å². The van der Waals surface area contributed by atoms with Gasteiger partial charge in [0.1, 0.15) is 0 Å². The lowest BCUT2D eigenvalue weighted by atomic mass is 9.82. The molecule has 1 aliphatic carbocycles. The number of hydrogen-bond acceptors (Lipinski definition) is 1. The topological polar surface area (TPSA) is 20.2 Å². The Kier molecular flexibility index (Phi) is 4.41. The highest BCUT2D eigenvalue weighted by Gasteiger charge is 2.20. The van der Waals surface area contributed by atoms with Crippen LogP contribution in [0.15, 0.2) is 48.5 Å². The molecule has 0 amide bonds. The number of hydrogen-bond donors (Lipinski definition) is 1. The van der Waals surface area contributed by atoms with Crippen LogP contribution in [0.5, 0.6) is 0 Å². The Morgan fingerprint density at radius 3 is 1.80 bits per heavy atom. The molecule has 104 valence electrons. The molecule has 1 aliphatic rings. The Bertz CT molecular complexity index is 551. The molecule has 0 unspecified atom stereocenters. The van der Waals surface area contributed by atoms with E-state index in [1.807, 2.05) is 0 Å². The van der Waals surface area contributed by atoms with Crippen LogP contribution in [0.3, 0.4) is 0 Å². The third-order valence-electron chi connectivity index (χ3n) is 4.26. The Labute approximate surface area is 134 Å². The van der Waals surface area contributed by atoms with Crippen LogP contribution in [-0.2, 0) is 0 Å². The van der Waals surface area contributed by atoms with Gasteiger partial charge >= 0.3 is 0 Å². The first-order chi connectivity index (χ1) is 9.72. The van der Waals surface area contributed by atoms with Gasteiger partial charge in [-0.2, -0.15) is 0 Å². The van der Waals surface area contributed by atoms with Crippen LogP contribution in [0.2, 0.25) is 0 Å². The van der Waals surface area contributed by atoms with Crippen molar-refractivity contribution in [2.24, 2.45) is 0 Å². The van der Waals surface area contributed by atoms with Crippen molar-refractivity contribution in [2.75, 3.05) is 0 Å². The normalized spacial score (nSPS) is 22.7. The Balaban J connectivity index is 1.76. The van der Waals surface area contributed by atoms with E-state index in [1.54, 1.807) is 0 Å². The fourth-order valence-electron chi connectivity index (χ4n) is 3.00. The standard InChI is InChI=1S/C18H19IO/c19-17-9-5-15(6-10-17)13-1-3-14(4-2-13)16-7-11-18(20)12-8-16/h1-6,9-10,16,18,20H,7-8,11-12H2. The molecule has 0 radical (unpaired) electrons. The molecule has 1 nitrogen and oxygen atoms in total. The molecule has 0 aliphatic heterocycles. The SMILES string of the molecule is OC1CCC(c2ccc(-c3ccc(I)cc3)cc2)CC1. The van der Waals surface area contributed by atoms with E-state index in [0.29, 0.717) is 5.92 Å². The second-order valence-corrected chi connectivity index (χ2v) is 6.88. The maximum atomic E-state index is 9.59. The van der Waals surface area contributed by atoms with Gasteiger partial charge in [0.15, 0.2) is 0 Å². The first kappa shape index (κ1) is 14.1. The van der Waals surface area contributed by atoms with Crippen molar-refractivity contribution >= 4 is 22.6 Å². The van der Waals surface area contributed by atoms with E-state index in [4.69, 9.17) is 0 Å².